The third-order valence-corrected chi connectivity index (χ3v) is 8.01. The van der Waals surface area contributed by atoms with Gasteiger partial charge in [0.15, 0.2) is 12.2 Å². The van der Waals surface area contributed by atoms with Crippen LogP contribution in [0.4, 0.5) is 0 Å². The van der Waals surface area contributed by atoms with Gasteiger partial charge in [-0.2, -0.15) is 0 Å². The summed E-state index contributed by atoms with van der Waals surface area (Å²) in [6.45, 7) is 0. The van der Waals surface area contributed by atoms with Gasteiger partial charge in [0.1, 0.15) is 6.10 Å². The highest BCUT2D eigenvalue weighted by Gasteiger charge is 2.55. The summed E-state index contributed by atoms with van der Waals surface area (Å²) in [5, 5.41) is 8.46. The van der Waals surface area contributed by atoms with Crippen LogP contribution in [0.3, 0.4) is 0 Å². The van der Waals surface area contributed by atoms with Crippen LogP contribution in [0.2, 0.25) is 0 Å². The zero-order valence-electron chi connectivity index (χ0n) is 25.4. The first-order valence-electron chi connectivity index (χ1n) is 14.9. The van der Waals surface area contributed by atoms with Gasteiger partial charge in [-0.15, -0.1) is 0 Å². The van der Waals surface area contributed by atoms with Crippen molar-refractivity contribution in [3.05, 3.63) is 144 Å². The zero-order valence-corrected chi connectivity index (χ0v) is 27.7. The Morgan fingerprint density at radius 2 is 0.857 bits per heavy atom. The van der Waals surface area contributed by atoms with Crippen LogP contribution in [0.5, 0.6) is 0 Å². The monoisotopic (exact) mass is 723 g/mol. The summed E-state index contributed by atoms with van der Waals surface area (Å²) in [6.07, 6.45) is -8.67. The van der Waals surface area contributed by atoms with Gasteiger partial charge in [-0.1, -0.05) is 108 Å². The maximum atomic E-state index is 13.6. The van der Waals surface area contributed by atoms with E-state index in [9.17, 15) is 19.2 Å². The Morgan fingerprint density at radius 1 is 0.531 bits per heavy atom. The first-order valence-corrected chi connectivity index (χ1v) is 16.0. The van der Waals surface area contributed by atoms with Crippen LogP contribution >= 0.6 is 34.8 Å². The number of benzene rings is 4. The van der Waals surface area contributed by atoms with Crippen LogP contribution in [0.25, 0.3) is 0 Å². The fourth-order valence-electron chi connectivity index (χ4n) is 4.90. The first kappa shape index (κ1) is 35.6. The number of ether oxygens (including phenoxy) is 5. The minimum atomic E-state index is -2.21. The average Bonchev–Trinajstić information content (AvgIpc) is 3.11. The molecule has 49 heavy (non-hydrogen) atoms. The molecule has 1 N–H and O–H groups in total. The van der Waals surface area contributed by atoms with E-state index in [4.69, 9.17) is 63.9 Å². The Hall–Kier alpha value is -4.74. The highest BCUT2D eigenvalue weighted by molar-refractivity contribution is 6.76. The van der Waals surface area contributed by atoms with Crippen molar-refractivity contribution in [1.29, 1.82) is 5.41 Å². The van der Waals surface area contributed by atoms with E-state index in [0.29, 0.717) is 0 Å². The SMILES string of the molecule is N=C(C[C@H]1O[C@H](OC(=O)c2ccccc2)[C@@H](OC(=O)c2ccccc2)[C@H](OC(=O)c2ccccc2)[C@H]1OC(=O)c1ccccc1)C(Cl)(Cl)Cl. The molecule has 4 aromatic rings. The summed E-state index contributed by atoms with van der Waals surface area (Å²) in [4.78, 5) is 53.9. The number of hydrogen-bond donors (Lipinski definition) is 1. The van der Waals surface area contributed by atoms with Crippen molar-refractivity contribution < 1.29 is 42.9 Å². The fraction of sp³-hybridized carbons (Fsp3) is 0.194. The summed E-state index contributed by atoms with van der Waals surface area (Å²) in [5.74, 6) is -3.53. The largest absolute Gasteiger partial charge is 0.452 e. The quantitative estimate of drug-likeness (QED) is 0.0791. The average molecular weight is 725 g/mol. The molecule has 0 radical (unpaired) electrons. The van der Waals surface area contributed by atoms with E-state index in [1.165, 1.54) is 48.5 Å². The number of alkyl halides is 3. The van der Waals surface area contributed by atoms with Crippen molar-refractivity contribution in [2.45, 2.75) is 40.9 Å². The molecule has 4 aromatic carbocycles. The lowest BCUT2D eigenvalue weighted by Crippen LogP contribution is -2.62. The van der Waals surface area contributed by atoms with Crippen molar-refractivity contribution in [2.24, 2.45) is 0 Å². The molecule has 1 fully saturated rings. The van der Waals surface area contributed by atoms with Crippen molar-refractivity contribution in [3.8, 4) is 0 Å². The third kappa shape index (κ3) is 9.24. The van der Waals surface area contributed by atoms with Gasteiger partial charge in [-0.25, -0.2) is 19.2 Å². The summed E-state index contributed by atoms with van der Waals surface area (Å²) in [6, 6.07) is 31.6. The fourth-order valence-corrected chi connectivity index (χ4v) is 5.13. The Bertz CT molecular complexity index is 1770. The van der Waals surface area contributed by atoms with E-state index in [2.05, 4.69) is 0 Å². The van der Waals surface area contributed by atoms with Gasteiger partial charge in [0, 0.05) is 6.42 Å². The second-order valence-corrected chi connectivity index (χ2v) is 13.0. The molecule has 5 atom stereocenters. The second-order valence-electron chi connectivity index (χ2n) is 10.7. The third-order valence-electron chi connectivity index (χ3n) is 7.33. The molecule has 0 unspecified atom stereocenters. The molecule has 0 aliphatic carbocycles. The number of carbonyl (C=O) groups is 4. The molecule has 1 heterocycles. The number of hydrogen-bond acceptors (Lipinski definition) is 10. The van der Waals surface area contributed by atoms with E-state index in [-0.39, 0.29) is 22.3 Å². The summed E-state index contributed by atoms with van der Waals surface area (Å²) >= 11 is 18.1. The predicted octanol–water partition coefficient (Wildman–Crippen LogP) is 7.03. The molecule has 0 saturated carbocycles. The Labute approximate surface area is 296 Å². The minimum Gasteiger partial charge on any atom is -0.452 e. The molecule has 13 heteroatoms. The molecule has 252 valence electrons. The number of rotatable bonds is 10. The lowest BCUT2D eigenvalue weighted by molar-refractivity contribution is -0.276. The van der Waals surface area contributed by atoms with Crippen molar-refractivity contribution in [2.75, 3.05) is 0 Å². The molecule has 0 spiro atoms. The maximum Gasteiger partial charge on any atom is 0.340 e. The smallest absolute Gasteiger partial charge is 0.340 e. The maximum absolute atomic E-state index is 13.6. The highest BCUT2D eigenvalue weighted by Crippen LogP contribution is 2.36. The van der Waals surface area contributed by atoms with E-state index in [1.807, 2.05) is 0 Å². The molecular formula is C36H28Cl3NO9. The topological polar surface area (TPSA) is 138 Å². The molecule has 1 saturated heterocycles. The van der Waals surface area contributed by atoms with E-state index >= 15 is 0 Å². The van der Waals surface area contributed by atoms with Gasteiger partial charge >= 0.3 is 23.9 Å². The summed E-state index contributed by atoms with van der Waals surface area (Å²) in [5.41, 5.74) is -0.00812. The van der Waals surface area contributed by atoms with Gasteiger partial charge in [0.05, 0.1) is 28.0 Å². The van der Waals surface area contributed by atoms with Gasteiger partial charge in [-0.3, -0.25) is 0 Å². The number of carbonyl (C=O) groups excluding carboxylic acids is 4. The van der Waals surface area contributed by atoms with E-state index in [0.717, 1.165) is 0 Å². The van der Waals surface area contributed by atoms with Crippen LogP contribution in [-0.2, 0) is 23.7 Å². The number of halogens is 3. The minimum absolute atomic E-state index is 0.110. The Balaban J connectivity index is 1.61. The lowest BCUT2D eigenvalue weighted by atomic mass is 9.94. The predicted molar refractivity (Wildman–Crippen MR) is 180 cm³/mol. The first-order chi connectivity index (χ1) is 23.5. The van der Waals surface area contributed by atoms with Crippen LogP contribution in [-0.4, -0.2) is 64.1 Å². The number of esters is 4. The molecule has 0 bridgehead atoms. The van der Waals surface area contributed by atoms with Crippen LogP contribution < -0.4 is 0 Å². The van der Waals surface area contributed by atoms with E-state index < -0.39 is 70.5 Å². The zero-order chi connectivity index (χ0) is 35.0. The van der Waals surface area contributed by atoms with E-state index in [1.54, 1.807) is 72.8 Å². The van der Waals surface area contributed by atoms with Crippen LogP contribution in [0, 0.1) is 5.41 Å². The van der Waals surface area contributed by atoms with Gasteiger partial charge in [0.25, 0.3) is 0 Å². The van der Waals surface area contributed by atoms with Gasteiger partial charge in [-0.05, 0) is 48.5 Å². The molecular weight excluding hydrogens is 697 g/mol. The van der Waals surface area contributed by atoms with Crippen molar-refractivity contribution in [1.82, 2.24) is 0 Å². The van der Waals surface area contributed by atoms with Gasteiger partial charge in [0.2, 0.25) is 16.2 Å². The molecule has 0 aromatic heterocycles. The Morgan fingerprint density at radius 3 is 1.22 bits per heavy atom. The van der Waals surface area contributed by atoms with Crippen LogP contribution in [0.1, 0.15) is 47.9 Å². The molecule has 1 aliphatic rings. The summed E-state index contributed by atoms with van der Waals surface area (Å²) < 4.78 is 27.4. The second kappa shape index (κ2) is 16.1. The highest BCUT2D eigenvalue weighted by atomic mass is 35.6. The normalized spacial score (nSPS) is 20.3. The molecule has 1 aliphatic heterocycles. The van der Waals surface area contributed by atoms with Crippen molar-refractivity contribution in [3.63, 3.8) is 0 Å². The lowest BCUT2D eigenvalue weighted by Gasteiger charge is -2.44. The number of nitrogens with one attached hydrogen (secondary N) is 1. The van der Waals surface area contributed by atoms with Crippen LogP contribution in [0.15, 0.2) is 121 Å². The van der Waals surface area contributed by atoms with Crippen molar-refractivity contribution >= 4 is 64.4 Å². The molecule has 10 nitrogen and oxygen atoms in total. The Kier molecular flexibility index (Phi) is 11.7. The standard InChI is InChI=1S/C36H28Cl3NO9/c37-36(38,39)27(40)21-26-28(46-31(41)22-13-5-1-6-14-22)29(47-32(42)23-15-7-2-8-16-23)30(48-33(43)24-17-9-3-10-18-24)35(45-26)49-34(44)25-19-11-4-12-20-25/h1-20,26,28-30,35,40H,21H2/t26-,28+,29-,30+,35-/m1/s1. The molecule has 0 amide bonds. The molecule has 5 rings (SSSR count). The van der Waals surface area contributed by atoms with Gasteiger partial charge < -0.3 is 29.1 Å². The summed E-state index contributed by atoms with van der Waals surface area (Å²) in [7, 11) is 0.